The van der Waals surface area contributed by atoms with E-state index in [4.69, 9.17) is 0 Å². The Kier molecular flexibility index (Phi) is 3.39. The van der Waals surface area contributed by atoms with Gasteiger partial charge in [-0.15, -0.1) is 0 Å². The van der Waals surface area contributed by atoms with Crippen molar-refractivity contribution in [1.29, 1.82) is 0 Å². The van der Waals surface area contributed by atoms with Gasteiger partial charge in [0, 0.05) is 38.2 Å². The zero-order chi connectivity index (χ0) is 13.5. The number of aromatic nitrogens is 2. The quantitative estimate of drug-likeness (QED) is 0.885. The van der Waals surface area contributed by atoms with Crippen LogP contribution >= 0.6 is 0 Å². The molecule has 0 aromatic carbocycles. The summed E-state index contributed by atoms with van der Waals surface area (Å²) in [4.78, 5) is 4.66. The molecule has 0 spiro atoms. The molecule has 1 aromatic rings. The van der Waals surface area contributed by atoms with E-state index in [-0.39, 0.29) is 5.25 Å². The molecule has 5 nitrogen and oxygen atoms in total. The highest BCUT2D eigenvalue weighted by atomic mass is 32.2. The van der Waals surface area contributed by atoms with Gasteiger partial charge in [0.15, 0.2) is 9.84 Å². The number of fused-ring (bicyclic) bond motifs is 1. The zero-order valence-electron chi connectivity index (χ0n) is 11.4. The van der Waals surface area contributed by atoms with Crippen molar-refractivity contribution < 1.29 is 8.42 Å². The summed E-state index contributed by atoms with van der Waals surface area (Å²) in [7, 11) is -2.88. The van der Waals surface area contributed by atoms with Crippen LogP contribution in [0.25, 0.3) is 0 Å². The van der Waals surface area contributed by atoms with Gasteiger partial charge in [-0.25, -0.2) is 13.4 Å². The molecule has 1 N–H and O–H groups in total. The van der Waals surface area contributed by atoms with Gasteiger partial charge in [0.1, 0.15) is 5.82 Å². The second-order valence-electron chi connectivity index (χ2n) is 5.44. The van der Waals surface area contributed by atoms with E-state index in [1.165, 1.54) is 5.69 Å². The Labute approximate surface area is 114 Å². The lowest BCUT2D eigenvalue weighted by Crippen LogP contribution is -2.28. The summed E-state index contributed by atoms with van der Waals surface area (Å²) >= 11 is 0. The molecule has 0 amide bonds. The Morgan fingerprint density at radius 1 is 1.47 bits per heavy atom. The van der Waals surface area contributed by atoms with Crippen LogP contribution in [0, 0.1) is 0 Å². The van der Waals surface area contributed by atoms with E-state index in [2.05, 4.69) is 21.8 Å². The van der Waals surface area contributed by atoms with Crippen molar-refractivity contribution in [3.05, 3.63) is 17.2 Å². The van der Waals surface area contributed by atoms with Gasteiger partial charge in [-0.3, -0.25) is 0 Å². The molecule has 19 heavy (non-hydrogen) atoms. The molecule has 1 aromatic heterocycles. The fraction of sp³-hybridized carbons (Fsp3) is 0.769. The molecule has 0 bridgehead atoms. The number of aryl methyl sites for hydroxylation is 1. The minimum Gasteiger partial charge on any atom is -0.330 e. The number of nitrogens with zero attached hydrogens (tertiary/aromatic N) is 2. The number of nitrogens with one attached hydrogen (secondary N) is 1. The van der Waals surface area contributed by atoms with Gasteiger partial charge in [0.2, 0.25) is 0 Å². The van der Waals surface area contributed by atoms with Gasteiger partial charge in [-0.2, -0.15) is 0 Å². The van der Waals surface area contributed by atoms with Crippen LogP contribution in [0.15, 0.2) is 0 Å². The molecule has 0 radical (unpaired) electrons. The molecule has 0 aliphatic carbocycles. The monoisotopic (exact) mass is 283 g/mol. The average Bonchev–Trinajstić information content (AvgIpc) is 2.91. The molecule has 2 aliphatic rings. The first kappa shape index (κ1) is 13.1. The predicted molar refractivity (Wildman–Crippen MR) is 73.8 cm³/mol. The van der Waals surface area contributed by atoms with Crippen LogP contribution in [0.4, 0.5) is 0 Å². The number of rotatable bonds is 3. The average molecular weight is 283 g/mol. The Morgan fingerprint density at radius 3 is 3.00 bits per heavy atom. The van der Waals surface area contributed by atoms with E-state index >= 15 is 0 Å². The number of hydrogen-bond donors (Lipinski definition) is 1. The first-order chi connectivity index (χ1) is 9.12. The highest BCUT2D eigenvalue weighted by molar-refractivity contribution is 7.92. The third kappa shape index (κ3) is 2.31. The predicted octanol–water partition coefficient (Wildman–Crippen LogP) is 0.668. The van der Waals surface area contributed by atoms with Crippen LogP contribution in [-0.2, 0) is 35.8 Å². The topological polar surface area (TPSA) is 64.0 Å². The molecule has 1 atom stereocenters. The Bertz CT molecular complexity index is 577. The lowest BCUT2D eigenvalue weighted by molar-refractivity contribution is 0.537. The highest BCUT2D eigenvalue weighted by Crippen LogP contribution is 2.25. The SMILES string of the molecule is CCc1nc2c(n1CC1CCCS1(=O)=O)CCNC2. The summed E-state index contributed by atoms with van der Waals surface area (Å²) in [6, 6.07) is 0. The lowest BCUT2D eigenvalue weighted by atomic mass is 10.1. The molecular weight excluding hydrogens is 262 g/mol. The van der Waals surface area contributed by atoms with Crippen LogP contribution in [0.5, 0.6) is 0 Å². The number of imidazole rings is 1. The molecule has 1 saturated heterocycles. The highest BCUT2D eigenvalue weighted by Gasteiger charge is 2.33. The molecule has 1 fully saturated rings. The van der Waals surface area contributed by atoms with E-state index in [9.17, 15) is 8.42 Å². The van der Waals surface area contributed by atoms with Gasteiger partial charge in [-0.1, -0.05) is 6.92 Å². The molecule has 3 heterocycles. The summed E-state index contributed by atoms with van der Waals surface area (Å²) in [5, 5.41) is 3.12. The smallest absolute Gasteiger partial charge is 0.154 e. The largest absolute Gasteiger partial charge is 0.330 e. The van der Waals surface area contributed by atoms with E-state index in [0.29, 0.717) is 12.3 Å². The molecular formula is C13H21N3O2S. The molecule has 0 saturated carbocycles. The van der Waals surface area contributed by atoms with Crippen molar-refractivity contribution >= 4 is 9.84 Å². The minimum absolute atomic E-state index is 0.203. The summed E-state index contributed by atoms with van der Waals surface area (Å²) in [6.07, 6.45) is 3.43. The Hall–Kier alpha value is -0.880. The van der Waals surface area contributed by atoms with E-state index in [1.807, 2.05) is 0 Å². The van der Waals surface area contributed by atoms with E-state index in [0.717, 1.165) is 50.3 Å². The molecule has 2 aliphatic heterocycles. The first-order valence-electron chi connectivity index (χ1n) is 7.11. The van der Waals surface area contributed by atoms with Gasteiger partial charge in [0.05, 0.1) is 16.7 Å². The van der Waals surface area contributed by atoms with E-state index in [1.54, 1.807) is 0 Å². The maximum atomic E-state index is 12.0. The van der Waals surface area contributed by atoms with Gasteiger partial charge < -0.3 is 9.88 Å². The Morgan fingerprint density at radius 2 is 2.32 bits per heavy atom. The Balaban J connectivity index is 1.93. The van der Waals surface area contributed by atoms with Crippen LogP contribution in [0.1, 0.15) is 37.0 Å². The summed E-state index contributed by atoms with van der Waals surface area (Å²) < 4.78 is 26.2. The molecule has 1 unspecified atom stereocenters. The number of hydrogen-bond acceptors (Lipinski definition) is 4. The standard InChI is InChI=1S/C13H21N3O2S/c1-2-13-15-11-8-14-6-5-12(11)16(13)9-10-4-3-7-19(10,17)18/h10,14H,2-9H2,1H3. The van der Waals surface area contributed by atoms with E-state index < -0.39 is 9.84 Å². The lowest BCUT2D eigenvalue weighted by Gasteiger charge is -2.18. The molecule has 106 valence electrons. The van der Waals surface area contributed by atoms with Crippen LogP contribution in [0.2, 0.25) is 0 Å². The van der Waals surface area contributed by atoms with Crippen molar-refractivity contribution in [2.45, 2.75) is 50.9 Å². The van der Waals surface area contributed by atoms with Crippen LogP contribution < -0.4 is 5.32 Å². The van der Waals surface area contributed by atoms with Gasteiger partial charge >= 0.3 is 0 Å². The van der Waals surface area contributed by atoms with Crippen LogP contribution in [-0.4, -0.2) is 35.5 Å². The second kappa shape index (κ2) is 4.90. The maximum Gasteiger partial charge on any atom is 0.154 e. The number of sulfone groups is 1. The summed E-state index contributed by atoms with van der Waals surface area (Å²) in [5.74, 6) is 1.40. The maximum absolute atomic E-state index is 12.0. The summed E-state index contributed by atoms with van der Waals surface area (Å²) in [6.45, 7) is 4.46. The fourth-order valence-electron chi connectivity index (χ4n) is 3.18. The van der Waals surface area contributed by atoms with Crippen molar-refractivity contribution in [1.82, 2.24) is 14.9 Å². The van der Waals surface area contributed by atoms with Gasteiger partial charge in [-0.05, 0) is 12.8 Å². The van der Waals surface area contributed by atoms with Crippen molar-refractivity contribution in [3.63, 3.8) is 0 Å². The van der Waals surface area contributed by atoms with Crippen molar-refractivity contribution in [2.75, 3.05) is 12.3 Å². The zero-order valence-corrected chi connectivity index (χ0v) is 12.2. The fourth-order valence-corrected chi connectivity index (χ4v) is 4.98. The van der Waals surface area contributed by atoms with Gasteiger partial charge in [0.25, 0.3) is 0 Å². The first-order valence-corrected chi connectivity index (χ1v) is 8.83. The summed E-state index contributed by atoms with van der Waals surface area (Å²) in [5.41, 5.74) is 2.36. The van der Waals surface area contributed by atoms with Crippen molar-refractivity contribution in [2.24, 2.45) is 0 Å². The van der Waals surface area contributed by atoms with Crippen LogP contribution in [0.3, 0.4) is 0 Å². The molecule has 3 rings (SSSR count). The molecule has 6 heteroatoms. The minimum atomic E-state index is -2.88. The normalized spacial score (nSPS) is 25.4. The third-order valence-electron chi connectivity index (χ3n) is 4.23. The second-order valence-corrected chi connectivity index (χ2v) is 7.84. The van der Waals surface area contributed by atoms with Crippen molar-refractivity contribution in [3.8, 4) is 0 Å². The third-order valence-corrected chi connectivity index (χ3v) is 6.49.